The third-order valence-corrected chi connectivity index (χ3v) is 1.10. The molecule has 1 unspecified atom stereocenters. The average Bonchev–Trinajstić information content (AvgIpc) is 1.86. The second kappa shape index (κ2) is 2.77. The Morgan fingerprint density at radius 3 is 2.33 bits per heavy atom. The van der Waals surface area contributed by atoms with Gasteiger partial charge in [-0.2, -0.15) is 4.39 Å². The van der Waals surface area contributed by atoms with Crippen LogP contribution in [0.3, 0.4) is 0 Å². The summed E-state index contributed by atoms with van der Waals surface area (Å²) in [4.78, 5) is 9.98. The molecule has 0 saturated heterocycles. The van der Waals surface area contributed by atoms with Crippen LogP contribution in [0.15, 0.2) is 0 Å². The van der Waals surface area contributed by atoms with Crippen LogP contribution in [0.25, 0.3) is 0 Å². The van der Waals surface area contributed by atoms with Gasteiger partial charge in [0.2, 0.25) is 0 Å². The highest BCUT2D eigenvalue weighted by atomic mass is 19.2. The van der Waals surface area contributed by atoms with Crippen molar-refractivity contribution in [3.8, 4) is 0 Å². The number of ether oxygens (including phenoxy) is 1. The van der Waals surface area contributed by atoms with E-state index in [-0.39, 0.29) is 6.42 Å². The minimum Gasteiger partial charge on any atom is -0.477 e. The van der Waals surface area contributed by atoms with Crippen molar-refractivity contribution in [3.63, 3.8) is 0 Å². The van der Waals surface area contributed by atoms with E-state index in [1.54, 1.807) is 0 Å². The summed E-state index contributed by atoms with van der Waals surface area (Å²) in [6, 6.07) is 0. The summed E-state index contributed by atoms with van der Waals surface area (Å²) in [6.07, 6.45) is -0.182. The van der Waals surface area contributed by atoms with Crippen LogP contribution >= 0.6 is 0 Å². The first-order chi connectivity index (χ1) is 4.06. The number of methoxy groups -OCH3 is 1. The van der Waals surface area contributed by atoms with Crippen LogP contribution in [0.2, 0.25) is 0 Å². The van der Waals surface area contributed by atoms with Gasteiger partial charge in [0.05, 0.1) is 0 Å². The summed E-state index contributed by atoms with van der Waals surface area (Å²) >= 11 is 0. The van der Waals surface area contributed by atoms with E-state index in [0.717, 1.165) is 7.11 Å². The molecule has 0 aromatic carbocycles. The number of alkyl halides is 1. The van der Waals surface area contributed by atoms with Crippen molar-refractivity contribution in [2.24, 2.45) is 0 Å². The lowest BCUT2D eigenvalue weighted by atomic mass is 10.2. The topological polar surface area (TPSA) is 46.5 Å². The lowest BCUT2D eigenvalue weighted by molar-refractivity contribution is -0.188. The van der Waals surface area contributed by atoms with E-state index < -0.39 is 11.8 Å². The minimum atomic E-state index is -2.50. The summed E-state index contributed by atoms with van der Waals surface area (Å²) in [5, 5.41) is 8.13. The zero-order valence-corrected chi connectivity index (χ0v) is 5.35. The Morgan fingerprint density at radius 2 is 2.33 bits per heavy atom. The van der Waals surface area contributed by atoms with Gasteiger partial charge < -0.3 is 9.84 Å². The zero-order valence-electron chi connectivity index (χ0n) is 5.35. The molecule has 1 N–H and O–H groups in total. The lowest BCUT2D eigenvalue weighted by Crippen LogP contribution is -2.34. The monoisotopic (exact) mass is 136 g/mol. The fourth-order valence-electron chi connectivity index (χ4n) is 0.383. The van der Waals surface area contributed by atoms with E-state index >= 15 is 0 Å². The van der Waals surface area contributed by atoms with Gasteiger partial charge in [-0.3, -0.25) is 0 Å². The molecule has 0 aliphatic heterocycles. The van der Waals surface area contributed by atoms with Gasteiger partial charge in [-0.1, -0.05) is 6.92 Å². The molecular formula is C5H9FO3. The summed E-state index contributed by atoms with van der Waals surface area (Å²) in [5.41, 5.74) is 0. The van der Waals surface area contributed by atoms with Gasteiger partial charge in [0, 0.05) is 13.5 Å². The molecule has 0 aromatic heterocycles. The van der Waals surface area contributed by atoms with Crippen LogP contribution in [0.1, 0.15) is 13.3 Å². The second-order valence-electron chi connectivity index (χ2n) is 1.59. The van der Waals surface area contributed by atoms with Crippen molar-refractivity contribution in [1.82, 2.24) is 0 Å². The van der Waals surface area contributed by atoms with Crippen LogP contribution in [0.5, 0.6) is 0 Å². The zero-order chi connectivity index (χ0) is 7.49. The fraction of sp³-hybridized carbons (Fsp3) is 0.800. The first kappa shape index (κ1) is 8.36. The Labute approximate surface area is 52.4 Å². The van der Waals surface area contributed by atoms with E-state index in [9.17, 15) is 9.18 Å². The van der Waals surface area contributed by atoms with Gasteiger partial charge in [0.25, 0.3) is 0 Å². The van der Waals surface area contributed by atoms with Gasteiger partial charge >= 0.3 is 11.8 Å². The maximum atomic E-state index is 12.6. The SMILES string of the molecule is CCC(F)(OC)C(=O)O. The van der Waals surface area contributed by atoms with Gasteiger partial charge in [-0.15, -0.1) is 0 Å². The number of carbonyl (C=O) groups is 1. The fourth-order valence-corrected chi connectivity index (χ4v) is 0.383. The molecule has 0 bridgehead atoms. The molecule has 54 valence electrons. The van der Waals surface area contributed by atoms with E-state index in [0.29, 0.717) is 0 Å². The van der Waals surface area contributed by atoms with Crippen molar-refractivity contribution in [1.29, 1.82) is 0 Å². The minimum absolute atomic E-state index is 0.182. The molecule has 0 aliphatic carbocycles. The molecular weight excluding hydrogens is 127 g/mol. The van der Waals surface area contributed by atoms with Crippen molar-refractivity contribution in [2.45, 2.75) is 19.2 Å². The Balaban J connectivity index is 4.09. The van der Waals surface area contributed by atoms with Crippen LogP contribution < -0.4 is 0 Å². The molecule has 0 spiro atoms. The van der Waals surface area contributed by atoms with Crippen molar-refractivity contribution in [2.75, 3.05) is 7.11 Å². The maximum absolute atomic E-state index is 12.6. The normalized spacial score (nSPS) is 16.8. The van der Waals surface area contributed by atoms with E-state index in [4.69, 9.17) is 5.11 Å². The van der Waals surface area contributed by atoms with Crippen molar-refractivity contribution in [3.05, 3.63) is 0 Å². The molecule has 9 heavy (non-hydrogen) atoms. The average molecular weight is 136 g/mol. The maximum Gasteiger partial charge on any atom is 0.369 e. The first-order valence-electron chi connectivity index (χ1n) is 2.54. The highest BCUT2D eigenvalue weighted by molar-refractivity contribution is 5.75. The quantitative estimate of drug-likeness (QED) is 0.624. The van der Waals surface area contributed by atoms with Crippen LogP contribution in [-0.4, -0.2) is 24.0 Å². The van der Waals surface area contributed by atoms with E-state index in [2.05, 4.69) is 4.74 Å². The second-order valence-corrected chi connectivity index (χ2v) is 1.59. The van der Waals surface area contributed by atoms with Crippen molar-refractivity contribution < 1.29 is 19.0 Å². The molecule has 0 rings (SSSR count). The van der Waals surface area contributed by atoms with Crippen molar-refractivity contribution >= 4 is 5.97 Å². The Hall–Kier alpha value is -0.640. The number of carboxylic acids is 1. The number of carboxylic acid groups (broad SMARTS) is 1. The van der Waals surface area contributed by atoms with Crippen LogP contribution in [-0.2, 0) is 9.53 Å². The van der Waals surface area contributed by atoms with Crippen LogP contribution in [0.4, 0.5) is 4.39 Å². The molecule has 0 heterocycles. The lowest BCUT2D eigenvalue weighted by Gasteiger charge is -2.15. The van der Waals surface area contributed by atoms with Gasteiger partial charge in [-0.05, 0) is 0 Å². The predicted molar refractivity (Wildman–Crippen MR) is 28.8 cm³/mol. The number of rotatable bonds is 3. The van der Waals surface area contributed by atoms with E-state index in [1.165, 1.54) is 6.92 Å². The summed E-state index contributed by atoms with van der Waals surface area (Å²) in [6.45, 7) is 1.40. The molecule has 4 heteroatoms. The van der Waals surface area contributed by atoms with Gasteiger partial charge in [0.1, 0.15) is 0 Å². The molecule has 0 amide bonds. The number of hydrogen-bond acceptors (Lipinski definition) is 2. The Bertz CT molecular complexity index is 109. The number of hydrogen-bond donors (Lipinski definition) is 1. The molecule has 0 saturated carbocycles. The third kappa shape index (κ3) is 1.64. The third-order valence-electron chi connectivity index (χ3n) is 1.10. The molecule has 1 atom stereocenters. The van der Waals surface area contributed by atoms with Gasteiger partial charge in [-0.25, -0.2) is 4.79 Å². The summed E-state index contributed by atoms with van der Waals surface area (Å²) in [7, 11) is 1.03. The summed E-state index contributed by atoms with van der Waals surface area (Å²) in [5.74, 6) is -4.08. The summed E-state index contributed by atoms with van der Waals surface area (Å²) < 4.78 is 16.6. The highest BCUT2D eigenvalue weighted by Crippen LogP contribution is 2.15. The first-order valence-corrected chi connectivity index (χ1v) is 2.54. The standard InChI is InChI=1S/C5H9FO3/c1-3-5(6,9-2)4(7)8/h3H2,1-2H3,(H,7,8). The highest BCUT2D eigenvalue weighted by Gasteiger charge is 2.36. The smallest absolute Gasteiger partial charge is 0.369 e. The Kier molecular flexibility index (Phi) is 2.58. The van der Waals surface area contributed by atoms with Crippen LogP contribution in [0, 0.1) is 0 Å². The molecule has 0 radical (unpaired) electrons. The number of aliphatic carboxylic acids is 1. The number of halogens is 1. The van der Waals surface area contributed by atoms with Gasteiger partial charge in [0.15, 0.2) is 0 Å². The predicted octanol–water partition coefficient (Wildman–Crippen LogP) is 0.793. The largest absolute Gasteiger partial charge is 0.477 e. The molecule has 0 fully saturated rings. The van der Waals surface area contributed by atoms with E-state index in [1.807, 2.05) is 0 Å². The molecule has 3 nitrogen and oxygen atoms in total. The molecule has 0 aromatic rings. The molecule has 0 aliphatic rings. The Morgan fingerprint density at radius 1 is 1.89 bits per heavy atom.